The molecule has 0 aliphatic heterocycles. The van der Waals surface area contributed by atoms with Gasteiger partial charge in [0.25, 0.3) is 0 Å². The number of aromatic amines is 1. The highest BCUT2D eigenvalue weighted by Crippen LogP contribution is 2.16. The summed E-state index contributed by atoms with van der Waals surface area (Å²) in [5.41, 5.74) is 2.10. The number of guanidine groups is 1. The predicted molar refractivity (Wildman–Crippen MR) is 107 cm³/mol. The quantitative estimate of drug-likeness (QED) is 0.470. The van der Waals surface area contributed by atoms with Gasteiger partial charge in [0.15, 0.2) is 5.96 Å². The number of hydrogen-bond donors (Lipinski definition) is 3. The van der Waals surface area contributed by atoms with Gasteiger partial charge in [-0.2, -0.15) is 0 Å². The molecule has 2 heterocycles. The molecule has 2 aromatic heterocycles. The van der Waals surface area contributed by atoms with Crippen molar-refractivity contribution in [3.05, 3.63) is 52.0 Å². The maximum atomic E-state index is 4.60. The van der Waals surface area contributed by atoms with Crippen molar-refractivity contribution in [3.8, 4) is 0 Å². The first-order valence-corrected chi connectivity index (χ1v) is 9.42. The number of aromatic nitrogens is 2. The van der Waals surface area contributed by atoms with Gasteiger partial charge in [-0.3, -0.25) is 4.99 Å². The average molecular weight is 356 g/mol. The van der Waals surface area contributed by atoms with Gasteiger partial charge < -0.3 is 15.6 Å². The summed E-state index contributed by atoms with van der Waals surface area (Å²) in [6.45, 7) is 5.11. The van der Waals surface area contributed by atoms with Gasteiger partial charge in [0, 0.05) is 42.2 Å². The van der Waals surface area contributed by atoms with E-state index in [1.54, 1.807) is 7.05 Å². The maximum Gasteiger partial charge on any atom is 0.191 e. The maximum absolute atomic E-state index is 4.60. The van der Waals surface area contributed by atoms with Crippen LogP contribution in [0.5, 0.6) is 0 Å². The van der Waals surface area contributed by atoms with Gasteiger partial charge in [0.2, 0.25) is 0 Å². The van der Waals surface area contributed by atoms with Crippen LogP contribution in [-0.4, -0.2) is 35.6 Å². The van der Waals surface area contributed by atoms with Gasteiger partial charge in [-0.15, -0.1) is 11.3 Å². The molecule has 0 radical (unpaired) electrons. The Morgan fingerprint density at radius 3 is 2.84 bits per heavy atom. The zero-order chi connectivity index (χ0) is 17.6. The van der Waals surface area contributed by atoms with Crippen LogP contribution in [0.3, 0.4) is 0 Å². The molecule has 5 nitrogen and oxygen atoms in total. The van der Waals surface area contributed by atoms with Crippen LogP contribution in [0, 0.1) is 6.92 Å². The molecule has 6 heteroatoms. The van der Waals surface area contributed by atoms with Crippen LogP contribution in [0.15, 0.2) is 41.4 Å². The van der Waals surface area contributed by atoms with E-state index in [2.05, 4.69) is 51.6 Å². The van der Waals surface area contributed by atoms with E-state index in [0.717, 1.165) is 42.2 Å². The SMILES string of the molecule is CN=C(NCCc1nc2ccccc2[nH]1)NC(C)Cc1ccc(C)s1. The van der Waals surface area contributed by atoms with Crippen molar-refractivity contribution in [2.24, 2.45) is 4.99 Å². The third-order valence-corrected chi connectivity index (χ3v) is 5.03. The molecule has 1 aromatic carbocycles. The van der Waals surface area contributed by atoms with Crippen LogP contribution in [0.1, 0.15) is 22.5 Å². The third-order valence-electron chi connectivity index (χ3n) is 4.00. The van der Waals surface area contributed by atoms with Gasteiger partial charge in [-0.05, 0) is 38.1 Å². The molecule has 0 saturated heterocycles. The van der Waals surface area contributed by atoms with Crippen molar-refractivity contribution in [3.63, 3.8) is 0 Å². The van der Waals surface area contributed by atoms with E-state index >= 15 is 0 Å². The Morgan fingerprint density at radius 2 is 2.12 bits per heavy atom. The van der Waals surface area contributed by atoms with E-state index in [0.29, 0.717) is 6.04 Å². The second-order valence-corrected chi connectivity index (χ2v) is 7.58. The molecule has 0 saturated carbocycles. The van der Waals surface area contributed by atoms with Crippen LogP contribution in [0.4, 0.5) is 0 Å². The van der Waals surface area contributed by atoms with E-state index in [9.17, 15) is 0 Å². The fourth-order valence-electron chi connectivity index (χ4n) is 2.80. The Balaban J connectivity index is 1.47. The lowest BCUT2D eigenvalue weighted by Crippen LogP contribution is -2.43. The largest absolute Gasteiger partial charge is 0.356 e. The minimum atomic E-state index is 0.329. The van der Waals surface area contributed by atoms with Crippen LogP contribution in [-0.2, 0) is 12.8 Å². The molecule has 3 N–H and O–H groups in total. The smallest absolute Gasteiger partial charge is 0.191 e. The number of fused-ring (bicyclic) bond motifs is 1. The Labute approximate surface area is 152 Å². The highest BCUT2D eigenvalue weighted by Gasteiger charge is 2.08. The lowest BCUT2D eigenvalue weighted by atomic mass is 10.2. The first-order chi connectivity index (χ1) is 12.1. The summed E-state index contributed by atoms with van der Waals surface area (Å²) in [4.78, 5) is 15.0. The summed E-state index contributed by atoms with van der Waals surface area (Å²) >= 11 is 1.86. The molecular weight excluding hydrogens is 330 g/mol. The molecule has 1 unspecified atom stereocenters. The van der Waals surface area contributed by atoms with Crippen LogP contribution < -0.4 is 10.6 Å². The number of hydrogen-bond acceptors (Lipinski definition) is 3. The van der Waals surface area contributed by atoms with Gasteiger partial charge in [0.05, 0.1) is 11.0 Å². The van der Waals surface area contributed by atoms with E-state index in [1.165, 1.54) is 9.75 Å². The third kappa shape index (κ3) is 4.82. The topological polar surface area (TPSA) is 65.1 Å². The number of H-pyrrole nitrogens is 1. The summed E-state index contributed by atoms with van der Waals surface area (Å²) in [5.74, 6) is 1.82. The van der Waals surface area contributed by atoms with E-state index < -0.39 is 0 Å². The van der Waals surface area contributed by atoms with E-state index in [-0.39, 0.29) is 0 Å². The van der Waals surface area contributed by atoms with Crippen molar-refractivity contribution in [2.45, 2.75) is 32.7 Å². The van der Waals surface area contributed by atoms with Crippen molar-refractivity contribution in [1.82, 2.24) is 20.6 Å². The first-order valence-electron chi connectivity index (χ1n) is 8.60. The number of aryl methyl sites for hydroxylation is 1. The van der Waals surface area contributed by atoms with Gasteiger partial charge >= 0.3 is 0 Å². The molecule has 0 aliphatic carbocycles. The molecule has 25 heavy (non-hydrogen) atoms. The fourth-order valence-corrected chi connectivity index (χ4v) is 3.82. The lowest BCUT2D eigenvalue weighted by Gasteiger charge is -2.17. The number of nitrogens with one attached hydrogen (secondary N) is 3. The number of nitrogens with zero attached hydrogens (tertiary/aromatic N) is 2. The molecule has 0 amide bonds. The minimum Gasteiger partial charge on any atom is -0.356 e. The van der Waals surface area contributed by atoms with Crippen LogP contribution in [0.2, 0.25) is 0 Å². The summed E-state index contributed by atoms with van der Waals surface area (Å²) in [5, 5.41) is 6.82. The molecular formula is C19H25N5S. The molecule has 3 rings (SSSR count). The molecule has 0 spiro atoms. The number of imidazole rings is 1. The van der Waals surface area contributed by atoms with Crippen LogP contribution >= 0.6 is 11.3 Å². The van der Waals surface area contributed by atoms with E-state index in [1.807, 2.05) is 35.6 Å². The highest BCUT2D eigenvalue weighted by atomic mass is 32.1. The highest BCUT2D eigenvalue weighted by molar-refractivity contribution is 7.11. The number of aliphatic imine (C=N–C) groups is 1. The molecule has 0 fully saturated rings. The number of thiophene rings is 1. The average Bonchev–Trinajstić information content (AvgIpc) is 3.19. The Morgan fingerprint density at radius 1 is 1.28 bits per heavy atom. The predicted octanol–water partition coefficient (Wildman–Crippen LogP) is 3.27. The monoisotopic (exact) mass is 355 g/mol. The van der Waals surface area contributed by atoms with Crippen LogP contribution in [0.25, 0.3) is 11.0 Å². The van der Waals surface area contributed by atoms with Crippen molar-refractivity contribution in [1.29, 1.82) is 0 Å². The molecule has 132 valence electrons. The molecule has 1 atom stereocenters. The summed E-state index contributed by atoms with van der Waals surface area (Å²) in [6.07, 6.45) is 1.83. The number of rotatable bonds is 6. The van der Waals surface area contributed by atoms with Gasteiger partial charge in [0.1, 0.15) is 5.82 Å². The minimum absolute atomic E-state index is 0.329. The Kier molecular flexibility index (Phi) is 5.71. The Hall–Kier alpha value is -2.34. The van der Waals surface area contributed by atoms with E-state index in [4.69, 9.17) is 0 Å². The van der Waals surface area contributed by atoms with Crippen molar-refractivity contribution >= 4 is 28.3 Å². The summed E-state index contributed by atoms with van der Waals surface area (Å²) in [6, 6.07) is 12.8. The zero-order valence-electron chi connectivity index (χ0n) is 15.0. The number of para-hydroxylation sites is 2. The second kappa shape index (κ2) is 8.16. The molecule has 0 bridgehead atoms. The van der Waals surface area contributed by atoms with Gasteiger partial charge in [-0.1, -0.05) is 12.1 Å². The van der Waals surface area contributed by atoms with Crippen molar-refractivity contribution in [2.75, 3.05) is 13.6 Å². The van der Waals surface area contributed by atoms with Gasteiger partial charge in [-0.25, -0.2) is 4.98 Å². The molecule has 3 aromatic rings. The standard InChI is InChI=1S/C19H25N5S/c1-13(12-15-9-8-14(2)25-15)22-19(20-3)21-11-10-18-23-16-6-4-5-7-17(16)24-18/h4-9,13H,10-12H2,1-3H3,(H,23,24)(H2,20,21,22). The lowest BCUT2D eigenvalue weighted by molar-refractivity contribution is 0.643. The Bertz CT molecular complexity index is 815. The summed E-state index contributed by atoms with van der Waals surface area (Å²) < 4.78 is 0. The second-order valence-electron chi connectivity index (χ2n) is 6.21. The normalized spacial score (nSPS) is 13.2. The molecule has 0 aliphatic rings. The fraction of sp³-hybridized carbons (Fsp3) is 0.368. The first kappa shape index (κ1) is 17.5. The zero-order valence-corrected chi connectivity index (χ0v) is 15.8. The number of benzene rings is 1. The van der Waals surface area contributed by atoms with Crippen molar-refractivity contribution < 1.29 is 0 Å². The summed E-state index contributed by atoms with van der Waals surface area (Å²) in [7, 11) is 1.80.